The summed E-state index contributed by atoms with van der Waals surface area (Å²) in [6.45, 7) is 3.06. The molecule has 0 amide bonds. The monoisotopic (exact) mass is 316 g/mol. The Morgan fingerprint density at radius 2 is 2.21 bits per heavy atom. The van der Waals surface area contributed by atoms with Crippen LogP contribution in [0.1, 0.15) is 24.5 Å². The van der Waals surface area contributed by atoms with Crippen molar-refractivity contribution in [2.45, 2.75) is 25.9 Å². The van der Waals surface area contributed by atoms with Gasteiger partial charge in [-0.25, -0.2) is 0 Å². The van der Waals surface area contributed by atoms with Gasteiger partial charge in [0.25, 0.3) is 0 Å². The number of benzene rings is 1. The minimum absolute atomic E-state index is 0.385. The average molecular weight is 317 g/mol. The Hall–Kier alpha value is -0.290. The number of nitrogens with two attached hydrogens (primary N) is 1. The number of rotatable bonds is 7. The molecule has 19 heavy (non-hydrogen) atoms. The van der Waals surface area contributed by atoms with Gasteiger partial charge < -0.3 is 5.73 Å². The smallest absolute Gasteiger partial charge is 0.104 e. The van der Waals surface area contributed by atoms with E-state index in [1.54, 1.807) is 0 Å². The summed E-state index contributed by atoms with van der Waals surface area (Å²) >= 11 is 13.1. The summed E-state index contributed by atoms with van der Waals surface area (Å²) in [6.07, 6.45) is 3.28. The van der Waals surface area contributed by atoms with Crippen molar-refractivity contribution in [2.75, 3.05) is 19.1 Å². The molecule has 0 saturated heterocycles. The highest BCUT2D eigenvalue weighted by molar-refractivity contribution is 7.98. The van der Waals surface area contributed by atoms with Gasteiger partial charge in [-0.15, -0.1) is 0 Å². The highest BCUT2D eigenvalue weighted by Gasteiger charge is 2.14. The van der Waals surface area contributed by atoms with Crippen LogP contribution >= 0.6 is 35.6 Å². The molecule has 2 N–H and O–H groups in total. The summed E-state index contributed by atoms with van der Waals surface area (Å²) in [6, 6.07) is 6.37. The molecule has 0 heterocycles. The second-order valence-electron chi connectivity index (χ2n) is 4.60. The van der Waals surface area contributed by atoms with E-state index in [0.29, 0.717) is 11.0 Å². The van der Waals surface area contributed by atoms with Crippen LogP contribution in [0.5, 0.6) is 0 Å². The Morgan fingerprint density at radius 1 is 1.53 bits per heavy atom. The van der Waals surface area contributed by atoms with E-state index >= 15 is 0 Å². The first-order chi connectivity index (χ1) is 8.99. The normalized spacial score (nSPS) is 12.7. The quantitative estimate of drug-likeness (QED) is 0.779. The summed E-state index contributed by atoms with van der Waals surface area (Å²) in [5.41, 5.74) is 7.54. The van der Waals surface area contributed by atoms with E-state index in [4.69, 9.17) is 29.6 Å². The van der Waals surface area contributed by atoms with Gasteiger partial charge in [-0.2, -0.15) is 11.8 Å². The number of hydrogen-bond acceptors (Lipinski definition) is 3. The average Bonchev–Trinajstić information content (AvgIpc) is 2.37. The van der Waals surface area contributed by atoms with E-state index in [-0.39, 0.29) is 0 Å². The van der Waals surface area contributed by atoms with Crippen molar-refractivity contribution in [3.05, 3.63) is 34.3 Å². The largest absolute Gasteiger partial charge is 0.389 e. The van der Waals surface area contributed by atoms with Crippen LogP contribution < -0.4 is 5.73 Å². The van der Waals surface area contributed by atoms with Crippen molar-refractivity contribution in [1.82, 2.24) is 4.90 Å². The second kappa shape index (κ2) is 8.10. The third-order valence-electron chi connectivity index (χ3n) is 3.21. The second-order valence-corrected chi connectivity index (χ2v) is 6.36. The molecular formula is C14H21ClN2S2. The van der Waals surface area contributed by atoms with Crippen molar-refractivity contribution >= 4 is 40.6 Å². The molecule has 1 aromatic carbocycles. The summed E-state index contributed by atoms with van der Waals surface area (Å²) in [5, 5.41) is 0.733. The molecule has 0 aliphatic carbocycles. The topological polar surface area (TPSA) is 29.3 Å². The summed E-state index contributed by atoms with van der Waals surface area (Å²) in [7, 11) is 2.14. The van der Waals surface area contributed by atoms with Crippen molar-refractivity contribution in [3.8, 4) is 0 Å². The highest BCUT2D eigenvalue weighted by Crippen LogP contribution is 2.21. The van der Waals surface area contributed by atoms with Crippen molar-refractivity contribution in [3.63, 3.8) is 0 Å². The third kappa shape index (κ3) is 4.95. The maximum Gasteiger partial charge on any atom is 0.104 e. The van der Waals surface area contributed by atoms with Gasteiger partial charge in [0.05, 0.1) is 0 Å². The fraction of sp³-hybridized carbons (Fsp3) is 0.500. The predicted octanol–water partition coefficient (Wildman–Crippen LogP) is 3.55. The lowest BCUT2D eigenvalue weighted by atomic mass is 10.1. The SMILES string of the molecule is CCC(CSC)N(C)Cc1ccc(C(N)=S)cc1Cl. The minimum Gasteiger partial charge on any atom is -0.389 e. The minimum atomic E-state index is 0.385. The zero-order chi connectivity index (χ0) is 14.4. The van der Waals surface area contributed by atoms with Crippen LogP contribution in [0.2, 0.25) is 5.02 Å². The molecular weight excluding hydrogens is 296 g/mol. The molecule has 2 nitrogen and oxygen atoms in total. The molecule has 0 saturated carbocycles. The highest BCUT2D eigenvalue weighted by atomic mass is 35.5. The lowest BCUT2D eigenvalue weighted by molar-refractivity contribution is 0.248. The van der Waals surface area contributed by atoms with Gasteiger partial charge >= 0.3 is 0 Å². The van der Waals surface area contributed by atoms with Crippen LogP contribution in [0.4, 0.5) is 0 Å². The predicted molar refractivity (Wildman–Crippen MR) is 91.3 cm³/mol. The van der Waals surface area contributed by atoms with Crippen LogP contribution in [0.15, 0.2) is 18.2 Å². The number of halogens is 1. The van der Waals surface area contributed by atoms with Gasteiger partial charge in [-0.05, 0) is 31.4 Å². The standard InChI is InChI=1S/C14H21ClN2S2/c1-4-12(9-19-3)17(2)8-11-6-5-10(14(16)18)7-13(11)15/h5-7,12H,4,8-9H2,1-3H3,(H2,16,18). The molecule has 0 aromatic heterocycles. The van der Waals surface area contributed by atoms with E-state index in [1.807, 2.05) is 30.0 Å². The van der Waals surface area contributed by atoms with Crippen molar-refractivity contribution < 1.29 is 0 Å². The first-order valence-corrected chi connectivity index (χ1v) is 8.45. The van der Waals surface area contributed by atoms with Crippen LogP contribution in [0.3, 0.4) is 0 Å². The van der Waals surface area contributed by atoms with Crippen LogP contribution in [0.25, 0.3) is 0 Å². The van der Waals surface area contributed by atoms with Crippen LogP contribution in [0, 0.1) is 0 Å². The number of nitrogens with zero attached hydrogens (tertiary/aromatic N) is 1. The lowest BCUT2D eigenvalue weighted by Gasteiger charge is -2.27. The van der Waals surface area contributed by atoms with Crippen molar-refractivity contribution in [2.24, 2.45) is 5.73 Å². The van der Waals surface area contributed by atoms with Gasteiger partial charge in [0.15, 0.2) is 0 Å². The zero-order valence-electron chi connectivity index (χ0n) is 11.6. The molecule has 1 aromatic rings. The van der Waals surface area contributed by atoms with Gasteiger partial charge in [-0.3, -0.25) is 4.90 Å². The Balaban J connectivity index is 2.79. The third-order valence-corrected chi connectivity index (χ3v) is 4.52. The van der Waals surface area contributed by atoms with E-state index in [2.05, 4.69) is 25.1 Å². The van der Waals surface area contributed by atoms with Crippen molar-refractivity contribution in [1.29, 1.82) is 0 Å². The zero-order valence-corrected chi connectivity index (χ0v) is 14.0. The Labute approximate surface area is 130 Å². The van der Waals surface area contributed by atoms with Gasteiger partial charge in [0.2, 0.25) is 0 Å². The number of thioether (sulfide) groups is 1. The van der Waals surface area contributed by atoms with E-state index in [0.717, 1.165) is 34.9 Å². The molecule has 0 aliphatic heterocycles. The molecule has 1 atom stereocenters. The summed E-state index contributed by atoms with van der Waals surface area (Å²) < 4.78 is 0. The Bertz CT molecular complexity index is 437. The fourth-order valence-electron chi connectivity index (χ4n) is 1.98. The Kier molecular flexibility index (Phi) is 7.15. The first kappa shape index (κ1) is 16.8. The molecule has 0 fully saturated rings. The molecule has 106 valence electrons. The first-order valence-electron chi connectivity index (χ1n) is 6.27. The molecule has 0 bridgehead atoms. The van der Waals surface area contributed by atoms with Gasteiger partial charge in [0, 0.05) is 28.9 Å². The maximum atomic E-state index is 6.30. The van der Waals surface area contributed by atoms with E-state index in [1.165, 1.54) is 0 Å². The molecule has 5 heteroatoms. The molecule has 0 aliphatic rings. The van der Waals surface area contributed by atoms with Crippen LogP contribution in [-0.4, -0.2) is 35.0 Å². The summed E-state index contributed by atoms with van der Waals surface area (Å²) in [4.78, 5) is 2.73. The number of thiocarbonyl (C=S) groups is 1. The van der Waals surface area contributed by atoms with Gasteiger partial charge in [-0.1, -0.05) is 42.9 Å². The molecule has 1 rings (SSSR count). The van der Waals surface area contributed by atoms with E-state index < -0.39 is 0 Å². The lowest BCUT2D eigenvalue weighted by Crippen LogP contribution is -2.32. The Morgan fingerprint density at radius 3 is 2.68 bits per heavy atom. The molecule has 1 unspecified atom stereocenters. The maximum absolute atomic E-state index is 6.30. The van der Waals surface area contributed by atoms with Crippen LogP contribution in [-0.2, 0) is 6.54 Å². The molecule has 0 spiro atoms. The fourth-order valence-corrected chi connectivity index (χ4v) is 3.22. The van der Waals surface area contributed by atoms with E-state index in [9.17, 15) is 0 Å². The molecule has 0 radical (unpaired) electrons. The number of hydrogen-bond donors (Lipinski definition) is 1. The van der Waals surface area contributed by atoms with Gasteiger partial charge in [0.1, 0.15) is 4.99 Å². The summed E-state index contributed by atoms with van der Waals surface area (Å²) in [5.74, 6) is 1.13.